The summed E-state index contributed by atoms with van der Waals surface area (Å²) in [6, 6.07) is 8.18. The van der Waals surface area contributed by atoms with Crippen LogP contribution in [0.4, 0.5) is 14.5 Å². The number of hydrogen-bond donors (Lipinski definition) is 0. The molecule has 8 heteroatoms. The minimum Gasteiger partial charge on any atom is -0.300 e. The van der Waals surface area contributed by atoms with Crippen LogP contribution in [-0.4, -0.2) is 26.1 Å². The van der Waals surface area contributed by atoms with Crippen molar-refractivity contribution in [2.24, 2.45) is 0 Å². The van der Waals surface area contributed by atoms with Gasteiger partial charge in [-0.2, -0.15) is 0 Å². The second-order valence-corrected chi connectivity index (χ2v) is 7.84. The molecule has 3 rings (SSSR count). The van der Waals surface area contributed by atoms with Gasteiger partial charge in [0, 0.05) is 16.1 Å². The van der Waals surface area contributed by atoms with Gasteiger partial charge in [0.25, 0.3) is 5.91 Å². The number of amides is 1. The molecule has 0 N–H and O–H groups in total. The molecule has 0 spiro atoms. The Balaban J connectivity index is 2.10. The minimum absolute atomic E-state index is 0.281. The topological polar surface area (TPSA) is 54.5 Å². The fourth-order valence-corrected chi connectivity index (χ4v) is 4.00. The molecule has 0 aliphatic carbocycles. The highest BCUT2D eigenvalue weighted by atomic mass is 35.5. The average Bonchev–Trinajstić information content (AvgIpc) is 2.89. The summed E-state index contributed by atoms with van der Waals surface area (Å²) in [5.74, 6) is -3.37. The molecule has 1 atom stereocenters. The SMILES string of the molecule is O=C(c1c(F)cccc1F)N(c1ccc(Cl)cc1)[C@H]1C=CS(=O)(=O)C1. The van der Waals surface area contributed by atoms with Gasteiger partial charge in [0.05, 0.1) is 11.8 Å². The van der Waals surface area contributed by atoms with Gasteiger partial charge in [0.2, 0.25) is 0 Å². The highest BCUT2D eigenvalue weighted by Crippen LogP contribution is 2.27. The third-order valence-corrected chi connectivity index (χ3v) is 5.37. The highest BCUT2D eigenvalue weighted by Gasteiger charge is 2.34. The predicted molar refractivity (Wildman–Crippen MR) is 91.3 cm³/mol. The Morgan fingerprint density at radius 2 is 1.68 bits per heavy atom. The highest BCUT2D eigenvalue weighted by molar-refractivity contribution is 7.94. The first-order chi connectivity index (χ1) is 11.8. The van der Waals surface area contributed by atoms with E-state index >= 15 is 0 Å². The van der Waals surface area contributed by atoms with Gasteiger partial charge in [0.1, 0.15) is 17.2 Å². The second-order valence-electron chi connectivity index (χ2n) is 5.47. The Bertz CT molecular complexity index is 938. The van der Waals surface area contributed by atoms with Gasteiger partial charge in [-0.3, -0.25) is 4.79 Å². The minimum atomic E-state index is -3.48. The Labute approximate surface area is 148 Å². The van der Waals surface area contributed by atoms with Gasteiger partial charge in [-0.25, -0.2) is 17.2 Å². The van der Waals surface area contributed by atoms with Gasteiger partial charge < -0.3 is 4.90 Å². The lowest BCUT2D eigenvalue weighted by atomic mass is 10.1. The van der Waals surface area contributed by atoms with Gasteiger partial charge in [-0.15, -0.1) is 0 Å². The van der Waals surface area contributed by atoms with E-state index in [1.165, 1.54) is 30.3 Å². The van der Waals surface area contributed by atoms with Crippen molar-refractivity contribution in [1.29, 1.82) is 0 Å². The summed E-state index contributed by atoms with van der Waals surface area (Å²) < 4.78 is 51.5. The molecule has 1 aliphatic heterocycles. The van der Waals surface area contributed by atoms with Crippen molar-refractivity contribution in [1.82, 2.24) is 0 Å². The maximum absolute atomic E-state index is 14.0. The molecular weight excluding hydrogens is 372 g/mol. The molecule has 0 saturated heterocycles. The van der Waals surface area contributed by atoms with Crippen LogP contribution in [0.5, 0.6) is 0 Å². The lowest BCUT2D eigenvalue weighted by molar-refractivity contribution is 0.0975. The molecule has 0 fully saturated rings. The van der Waals surface area contributed by atoms with E-state index in [1.807, 2.05) is 0 Å². The van der Waals surface area contributed by atoms with Crippen molar-refractivity contribution in [3.05, 3.63) is 76.2 Å². The first-order valence-electron chi connectivity index (χ1n) is 7.22. The van der Waals surface area contributed by atoms with Crippen LogP contribution in [0.2, 0.25) is 5.02 Å². The van der Waals surface area contributed by atoms with E-state index in [-0.39, 0.29) is 11.4 Å². The number of rotatable bonds is 3. The van der Waals surface area contributed by atoms with Crippen LogP contribution in [-0.2, 0) is 9.84 Å². The molecule has 0 saturated carbocycles. The van der Waals surface area contributed by atoms with Crippen LogP contribution in [0.3, 0.4) is 0 Å². The first kappa shape index (κ1) is 17.6. The van der Waals surface area contributed by atoms with Crippen molar-refractivity contribution < 1.29 is 22.0 Å². The molecule has 0 radical (unpaired) electrons. The average molecular weight is 384 g/mol. The standard InChI is InChI=1S/C17H12ClF2NO3S/c18-11-4-6-12(7-5-11)21(13-8-9-25(23,24)10-13)17(22)16-14(19)2-1-3-15(16)20/h1-9,13H,10H2/t13-/m0/s1. The van der Waals surface area contributed by atoms with E-state index < -0.39 is 39.0 Å². The summed E-state index contributed by atoms with van der Waals surface area (Å²) in [6.45, 7) is 0. The van der Waals surface area contributed by atoms with Gasteiger partial charge in [0.15, 0.2) is 9.84 Å². The number of anilines is 1. The summed E-state index contributed by atoms with van der Waals surface area (Å²) in [5, 5.41) is 1.40. The Hall–Kier alpha value is -2.25. The van der Waals surface area contributed by atoms with Crippen molar-refractivity contribution in [3.8, 4) is 0 Å². The van der Waals surface area contributed by atoms with Crippen LogP contribution in [0.25, 0.3) is 0 Å². The molecule has 1 amide bonds. The zero-order chi connectivity index (χ0) is 18.2. The summed E-state index contributed by atoms with van der Waals surface area (Å²) >= 11 is 5.84. The van der Waals surface area contributed by atoms with Crippen LogP contribution in [0, 0.1) is 11.6 Å². The normalized spacial score (nSPS) is 18.3. The van der Waals surface area contributed by atoms with E-state index in [0.717, 1.165) is 28.5 Å². The van der Waals surface area contributed by atoms with Gasteiger partial charge in [-0.1, -0.05) is 17.7 Å². The molecule has 0 unspecified atom stereocenters. The number of halogens is 3. The lowest BCUT2D eigenvalue weighted by Crippen LogP contribution is -2.42. The van der Waals surface area contributed by atoms with E-state index in [2.05, 4.69) is 0 Å². The molecule has 130 valence electrons. The third-order valence-electron chi connectivity index (χ3n) is 3.74. The number of carbonyl (C=O) groups is 1. The monoisotopic (exact) mass is 383 g/mol. The van der Waals surface area contributed by atoms with E-state index in [1.54, 1.807) is 0 Å². The smallest absolute Gasteiger partial charge is 0.264 e. The molecule has 2 aromatic rings. The molecule has 1 heterocycles. The first-order valence-corrected chi connectivity index (χ1v) is 9.32. The fourth-order valence-electron chi connectivity index (χ4n) is 2.60. The Morgan fingerprint density at radius 1 is 1.08 bits per heavy atom. The summed E-state index contributed by atoms with van der Waals surface area (Å²) in [7, 11) is -3.48. The molecule has 1 aliphatic rings. The quantitative estimate of drug-likeness (QED) is 0.814. The molecule has 0 bridgehead atoms. The number of hydrogen-bond acceptors (Lipinski definition) is 3. The number of carbonyl (C=O) groups excluding carboxylic acids is 1. The molecule has 4 nitrogen and oxygen atoms in total. The van der Waals surface area contributed by atoms with Gasteiger partial charge in [-0.05, 0) is 42.5 Å². The Morgan fingerprint density at radius 3 is 2.20 bits per heavy atom. The van der Waals surface area contributed by atoms with Crippen molar-refractivity contribution in [2.75, 3.05) is 10.7 Å². The van der Waals surface area contributed by atoms with Crippen molar-refractivity contribution in [2.45, 2.75) is 6.04 Å². The molecule has 2 aromatic carbocycles. The van der Waals surface area contributed by atoms with Crippen LogP contribution < -0.4 is 4.90 Å². The maximum Gasteiger partial charge on any atom is 0.264 e. The Kier molecular flexibility index (Phi) is 4.62. The van der Waals surface area contributed by atoms with E-state index in [0.29, 0.717) is 5.02 Å². The largest absolute Gasteiger partial charge is 0.300 e. The summed E-state index contributed by atoms with van der Waals surface area (Å²) in [5.41, 5.74) is -0.459. The fraction of sp³-hybridized carbons (Fsp3) is 0.118. The summed E-state index contributed by atoms with van der Waals surface area (Å²) in [4.78, 5) is 13.9. The predicted octanol–water partition coefficient (Wildman–Crippen LogP) is 3.58. The van der Waals surface area contributed by atoms with Crippen molar-refractivity contribution in [3.63, 3.8) is 0 Å². The van der Waals surface area contributed by atoms with Crippen LogP contribution in [0.15, 0.2) is 53.9 Å². The number of nitrogens with zero attached hydrogens (tertiary/aromatic N) is 1. The second kappa shape index (κ2) is 6.57. The maximum atomic E-state index is 14.0. The van der Waals surface area contributed by atoms with Crippen LogP contribution in [0.1, 0.15) is 10.4 Å². The molecular formula is C17H12ClF2NO3S. The van der Waals surface area contributed by atoms with E-state index in [9.17, 15) is 22.0 Å². The molecule has 0 aromatic heterocycles. The van der Waals surface area contributed by atoms with E-state index in [4.69, 9.17) is 11.6 Å². The lowest BCUT2D eigenvalue weighted by Gasteiger charge is -2.28. The third kappa shape index (κ3) is 3.57. The van der Waals surface area contributed by atoms with Crippen LogP contribution >= 0.6 is 11.6 Å². The zero-order valence-corrected chi connectivity index (χ0v) is 14.3. The number of benzene rings is 2. The van der Waals surface area contributed by atoms with Crippen molar-refractivity contribution >= 4 is 33.0 Å². The number of sulfone groups is 1. The molecule has 25 heavy (non-hydrogen) atoms. The summed E-state index contributed by atoms with van der Waals surface area (Å²) in [6.07, 6.45) is 1.32. The zero-order valence-electron chi connectivity index (χ0n) is 12.7. The van der Waals surface area contributed by atoms with Gasteiger partial charge >= 0.3 is 0 Å².